The van der Waals surface area contributed by atoms with Gasteiger partial charge in [0, 0.05) is 19.9 Å². The monoisotopic (exact) mass is 577 g/mol. The number of nitrogens with two attached hydrogens (primary N) is 1. The van der Waals surface area contributed by atoms with Gasteiger partial charge in [-0.25, -0.2) is 15.0 Å². The van der Waals surface area contributed by atoms with Crippen molar-refractivity contribution in [1.29, 1.82) is 0 Å². The molecule has 0 aromatic heterocycles. The molecule has 5 N–H and O–H groups in total. The van der Waals surface area contributed by atoms with E-state index in [0.29, 0.717) is 12.3 Å². The number of nitrogens with zero attached hydrogens (tertiary/aromatic N) is 1. The van der Waals surface area contributed by atoms with Crippen LogP contribution in [0.15, 0.2) is 41.3 Å². The highest BCUT2D eigenvalue weighted by Gasteiger charge is 2.38. The molecule has 1 aliphatic heterocycles. The number of carbonyl (C=O) groups excluding carboxylic acids is 4. The minimum absolute atomic E-state index is 0.0269. The molecule has 0 saturated carbocycles. The third-order valence-electron chi connectivity index (χ3n) is 5.96. The number of alkyl carbamates (subject to hydrolysis) is 1. The minimum Gasteiger partial charge on any atom is -0.478 e. The third kappa shape index (κ3) is 12.3. The number of nitroso groups, excluding NO2 is 1. The highest BCUT2D eigenvalue weighted by molar-refractivity contribution is 5.86. The van der Waals surface area contributed by atoms with E-state index in [0.717, 1.165) is 12.0 Å². The van der Waals surface area contributed by atoms with Gasteiger partial charge in [0.25, 0.3) is 0 Å². The Morgan fingerprint density at radius 3 is 2.49 bits per heavy atom. The Balaban J connectivity index is 1.84. The average molecular weight is 578 g/mol. The highest BCUT2D eigenvalue weighted by Crippen LogP contribution is 2.24. The summed E-state index contributed by atoms with van der Waals surface area (Å²) < 4.78 is 16.4. The fraction of sp³-hybridized carbons (Fsp3) is 0.556. The fourth-order valence-corrected chi connectivity index (χ4v) is 4.09. The predicted molar refractivity (Wildman–Crippen MR) is 146 cm³/mol. The molecule has 1 unspecified atom stereocenters. The summed E-state index contributed by atoms with van der Waals surface area (Å²) in [5, 5.41) is 5.36. The van der Waals surface area contributed by atoms with E-state index >= 15 is 0 Å². The summed E-state index contributed by atoms with van der Waals surface area (Å²) in [6, 6.07) is 7.21. The van der Waals surface area contributed by atoms with E-state index in [2.05, 4.69) is 40.0 Å². The van der Waals surface area contributed by atoms with Crippen LogP contribution in [0.3, 0.4) is 0 Å². The Hall–Kier alpha value is -4.04. The Labute approximate surface area is 238 Å². The van der Waals surface area contributed by atoms with Crippen molar-refractivity contribution in [3.63, 3.8) is 0 Å². The molecular weight excluding hydrogens is 538 g/mol. The van der Waals surface area contributed by atoms with Crippen LogP contribution in [0.25, 0.3) is 0 Å². The Kier molecular flexibility index (Phi) is 14.2. The fourth-order valence-electron chi connectivity index (χ4n) is 4.09. The van der Waals surface area contributed by atoms with Crippen molar-refractivity contribution in [2.45, 2.75) is 71.1 Å². The second kappa shape index (κ2) is 17.6. The Bertz CT molecular complexity index is 1060. The molecule has 0 aliphatic carbocycles. The number of rotatable bonds is 16. The van der Waals surface area contributed by atoms with E-state index in [4.69, 9.17) is 20.1 Å². The molecule has 0 fully saturated rings. The molecule has 1 aromatic rings. The molecule has 1 aromatic carbocycles. The number of hydrazine groups is 1. The molecule has 1 heterocycles. The molecule has 226 valence electrons. The zero-order chi connectivity index (χ0) is 30.2. The minimum atomic E-state index is -1.04. The third-order valence-corrected chi connectivity index (χ3v) is 5.96. The van der Waals surface area contributed by atoms with Crippen LogP contribution in [0.5, 0.6) is 0 Å². The lowest BCUT2D eigenvalue weighted by molar-refractivity contribution is -0.148. The molecule has 2 rings (SSSR count). The van der Waals surface area contributed by atoms with Gasteiger partial charge in [-0.2, -0.15) is 10.8 Å². The maximum Gasteiger partial charge on any atom is 0.407 e. The lowest BCUT2D eigenvalue weighted by atomic mass is 9.97. The molecule has 2 amide bonds. The highest BCUT2D eigenvalue weighted by atomic mass is 16.7. The van der Waals surface area contributed by atoms with E-state index in [1.165, 1.54) is 18.6 Å². The molecule has 14 heteroatoms. The van der Waals surface area contributed by atoms with Gasteiger partial charge < -0.3 is 24.4 Å². The smallest absolute Gasteiger partial charge is 0.407 e. The molecule has 3 atom stereocenters. The quantitative estimate of drug-likeness (QED) is 0.0966. The van der Waals surface area contributed by atoms with Gasteiger partial charge >= 0.3 is 18.0 Å². The first kappa shape index (κ1) is 33.2. The van der Waals surface area contributed by atoms with Gasteiger partial charge in [0.15, 0.2) is 6.10 Å². The molecule has 1 aliphatic rings. The van der Waals surface area contributed by atoms with Crippen molar-refractivity contribution in [2.24, 2.45) is 17.0 Å². The summed E-state index contributed by atoms with van der Waals surface area (Å²) in [6.07, 6.45) is 0.130. The van der Waals surface area contributed by atoms with Gasteiger partial charge in [-0.1, -0.05) is 43.3 Å². The lowest BCUT2D eigenvalue weighted by Crippen LogP contribution is -2.56. The van der Waals surface area contributed by atoms with Crippen LogP contribution in [0.2, 0.25) is 0 Å². The number of carbonyl (C=O) groups is 4. The summed E-state index contributed by atoms with van der Waals surface area (Å²) in [6.45, 7) is 5.60. The van der Waals surface area contributed by atoms with E-state index in [1.54, 1.807) is 0 Å². The van der Waals surface area contributed by atoms with E-state index in [1.807, 2.05) is 24.3 Å². The first-order chi connectivity index (χ1) is 19.6. The van der Waals surface area contributed by atoms with E-state index in [-0.39, 0.29) is 56.6 Å². The zero-order valence-corrected chi connectivity index (χ0v) is 23.6. The molecule has 0 spiro atoms. The number of esters is 1. The summed E-state index contributed by atoms with van der Waals surface area (Å²) in [5.74, 6) is 3.58. The SMILES string of the molecule is CC(=O)NN[C@@H]1CC=C(C(=O)ON)OC1[C@@H](CCN=O)OC(=O)NCCCOC(=O)Cc1ccc(CC(C)C)cc1. The van der Waals surface area contributed by atoms with Crippen LogP contribution in [0, 0.1) is 10.8 Å². The van der Waals surface area contributed by atoms with Gasteiger partial charge in [-0.05, 0) is 42.4 Å². The van der Waals surface area contributed by atoms with Crippen molar-refractivity contribution >= 4 is 23.9 Å². The number of ether oxygens (including phenoxy) is 3. The number of hydrogen-bond donors (Lipinski definition) is 4. The largest absolute Gasteiger partial charge is 0.478 e. The van der Waals surface area contributed by atoms with Gasteiger partial charge in [0.05, 0.1) is 25.6 Å². The van der Waals surface area contributed by atoms with Crippen molar-refractivity contribution in [2.75, 3.05) is 19.7 Å². The molecule has 0 radical (unpaired) electrons. The van der Waals surface area contributed by atoms with Crippen LogP contribution >= 0.6 is 0 Å². The van der Waals surface area contributed by atoms with Crippen LogP contribution in [0.1, 0.15) is 51.2 Å². The number of benzene rings is 1. The average Bonchev–Trinajstić information content (AvgIpc) is 2.94. The van der Waals surface area contributed by atoms with Crippen LogP contribution < -0.4 is 22.1 Å². The maximum atomic E-state index is 12.5. The van der Waals surface area contributed by atoms with Crippen LogP contribution in [0.4, 0.5) is 4.79 Å². The molecule has 0 bridgehead atoms. The van der Waals surface area contributed by atoms with Crippen molar-refractivity contribution in [1.82, 2.24) is 16.2 Å². The Morgan fingerprint density at radius 1 is 1.15 bits per heavy atom. The van der Waals surface area contributed by atoms with E-state index in [9.17, 15) is 24.1 Å². The second-order valence-electron chi connectivity index (χ2n) is 9.90. The summed E-state index contributed by atoms with van der Waals surface area (Å²) in [7, 11) is 0. The molecule has 14 nitrogen and oxygen atoms in total. The van der Waals surface area contributed by atoms with Crippen molar-refractivity contribution in [3.8, 4) is 0 Å². The topological polar surface area (TPSA) is 197 Å². The van der Waals surface area contributed by atoms with Crippen LogP contribution in [-0.4, -0.2) is 61.9 Å². The van der Waals surface area contributed by atoms with Crippen molar-refractivity contribution in [3.05, 3.63) is 52.1 Å². The summed E-state index contributed by atoms with van der Waals surface area (Å²) >= 11 is 0. The normalized spacial score (nSPS) is 17.0. The molecule has 0 saturated heterocycles. The molecule has 41 heavy (non-hydrogen) atoms. The first-order valence-corrected chi connectivity index (χ1v) is 13.4. The summed E-state index contributed by atoms with van der Waals surface area (Å²) in [5.41, 5.74) is 7.25. The van der Waals surface area contributed by atoms with Gasteiger partial charge in [-0.3, -0.25) is 15.0 Å². The summed E-state index contributed by atoms with van der Waals surface area (Å²) in [4.78, 5) is 62.9. The van der Waals surface area contributed by atoms with Gasteiger partial charge in [-0.15, -0.1) is 0 Å². The van der Waals surface area contributed by atoms with E-state index < -0.39 is 30.3 Å². The standard InChI is InChI=1S/C27H39N5O9/c1-17(2)15-19-5-7-20(8-6-19)16-24(34)38-14-4-12-29-27(36)40-22(11-13-30-37)25-21(32-31-18(3)33)9-10-23(39-25)26(35)41-28/h5-8,10,17,21-22,25,32H,4,9,11-16,28H2,1-3H3,(H,29,36)(H,31,33)/t21-,22-,25?/m1/s1. The lowest BCUT2D eigenvalue weighted by Gasteiger charge is -2.36. The zero-order valence-electron chi connectivity index (χ0n) is 23.6. The van der Waals surface area contributed by atoms with Gasteiger partial charge in [0.1, 0.15) is 6.10 Å². The Morgan fingerprint density at radius 2 is 1.85 bits per heavy atom. The maximum absolute atomic E-state index is 12.5. The predicted octanol–water partition coefficient (Wildman–Crippen LogP) is 1.71. The first-order valence-electron chi connectivity index (χ1n) is 13.4. The number of hydrogen-bond acceptors (Lipinski definition) is 12. The number of amides is 2. The number of nitrogens with one attached hydrogen (secondary N) is 3. The van der Waals surface area contributed by atoms with Crippen LogP contribution in [-0.2, 0) is 46.3 Å². The van der Waals surface area contributed by atoms with Gasteiger partial charge in [0.2, 0.25) is 11.7 Å². The second-order valence-corrected chi connectivity index (χ2v) is 9.90. The van der Waals surface area contributed by atoms with Crippen molar-refractivity contribution < 1.29 is 38.2 Å². The molecular formula is C27H39N5O9.